The summed E-state index contributed by atoms with van der Waals surface area (Å²) in [7, 11) is 0. The first-order chi connectivity index (χ1) is 9.43. The van der Waals surface area contributed by atoms with E-state index >= 15 is 0 Å². The third-order valence-corrected chi connectivity index (χ3v) is 3.26. The highest BCUT2D eigenvalue weighted by Gasteiger charge is 2.14. The van der Waals surface area contributed by atoms with Crippen LogP contribution in [0.2, 0.25) is 0 Å². The van der Waals surface area contributed by atoms with Crippen LogP contribution in [0.15, 0.2) is 29.1 Å². The quantitative estimate of drug-likeness (QED) is 0.878. The van der Waals surface area contributed by atoms with Gasteiger partial charge in [-0.1, -0.05) is 19.9 Å². The van der Waals surface area contributed by atoms with Crippen molar-refractivity contribution in [1.82, 2.24) is 4.98 Å². The third-order valence-electron chi connectivity index (χ3n) is 3.26. The molecule has 0 amide bonds. The number of nitriles is 1. The minimum atomic E-state index is -0.433. The Balaban J connectivity index is 2.78. The zero-order chi connectivity index (χ0) is 14.9. The van der Waals surface area contributed by atoms with E-state index in [9.17, 15) is 9.90 Å². The van der Waals surface area contributed by atoms with Gasteiger partial charge in [-0.25, -0.2) is 0 Å². The van der Waals surface area contributed by atoms with Crippen molar-refractivity contribution in [2.45, 2.75) is 26.7 Å². The van der Waals surface area contributed by atoms with E-state index in [0.717, 1.165) is 5.56 Å². The van der Waals surface area contributed by atoms with Crippen LogP contribution in [-0.4, -0.2) is 10.1 Å². The predicted molar refractivity (Wildman–Crippen MR) is 77.7 cm³/mol. The van der Waals surface area contributed by atoms with Crippen molar-refractivity contribution in [2.75, 3.05) is 0 Å². The summed E-state index contributed by atoms with van der Waals surface area (Å²) in [4.78, 5) is 14.4. The van der Waals surface area contributed by atoms with Gasteiger partial charge in [0.15, 0.2) is 0 Å². The molecular formula is C16H16N2O2. The summed E-state index contributed by atoms with van der Waals surface area (Å²) in [5, 5.41) is 19.2. The van der Waals surface area contributed by atoms with Gasteiger partial charge in [0.25, 0.3) is 5.56 Å². The number of nitrogens with one attached hydrogen (secondary N) is 1. The second-order valence-electron chi connectivity index (χ2n) is 5.11. The standard InChI is InChI=1S/C16H16N2O2/c1-9(2)11-4-5-15(19)13(7-11)12-6-10(3)18-16(20)14(12)8-17/h4-7,9,19H,1-3H3,(H,18,20). The van der Waals surface area contributed by atoms with Gasteiger partial charge in [0.05, 0.1) is 0 Å². The van der Waals surface area contributed by atoms with Crippen molar-refractivity contribution in [3.8, 4) is 22.9 Å². The third kappa shape index (κ3) is 2.43. The van der Waals surface area contributed by atoms with Crippen LogP contribution in [-0.2, 0) is 0 Å². The molecule has 0 aliphatic heterocycles. The fourth-order valence-corrected chi connectivity index (χ4v) is 2.14. The molecule has 0 aliphatic carbocycles. The Morgan fingerprint density at radius 2 is 1.95 bits per heavy atom. The van der Waals surface area contributed by atoms with E-state index in [4.69, 9.17) is 5.26 Å². The molecule has 1 heterocycles. The van der Waals surface area contributed by atoms with Crippen LogP contribution < -0.4 is 5.56 Å². The molecular weight excluding hydrogens is 252 g/mol. The summed E-state index contributed by atoms with van der Waals surface area (Å²) < 4.78 is 0. The lowest BCUT2D eigenvalue weighted by Crippen LogP contribution is -2.12. The van der Waals surface area contributed by atoms with Crippen LogP contribution >= 0.6 is 0 Å². The van der Waals surface area contributed by atoms with E-state index in [-0.39, 0.29) is 11.3 Å². The number of H-pyrrole nitrogens is 1. The van der Waals surface area contributed by atoms with Gasteiger partial charge < -0.3 is 10.1 Å². The molecule has 20 heavy (non-hydrogen) atoms. The summed E-state index contributed by atoms with van der Waals surface area (Å²) in [5.41, 5.74) is 2.26. The van der Waals surface area contributed by atoms with E-state index in [2.05, 4.69) is 4.98 Å². The van der Waals surface area contributed by atoms with Crippen molar-refractivity contribution >= 4 is 0 Å². The molecule has 1 aromatic heterocycles. The number of aryl methyl sites for hydroxylation is 1. The first-order valence-electron chi connectivity index (χ1n) is 6.41. The second kappa shape index (κ2) is 5.22. The number of nitrogens with zero attached hydrogens (tertiary/aromatic N) is 1. The van der Waals surface area contributed by atoms with Crippen molar-refractivity contribution in [3.05, 3.63) is 51.4 Å². The Labute approximate surface area is 117 Å². The summed E-state index contributed by atoms with van der Waals surface area (Å²) >= 11 is 0. The molecule has 4 nitrogen and oxygen atoms in total. The van der Waals surface area contributed by atoms with Crippen molar-refractivity contribution < 1.29 is 5.11 Å². The number of phenols is 1. The van der Waals surface area contributed by atoms with Crippen LogP contribution in [0.1, 0.15) is 36.6 Å². The van der Waals surface area contributed by atoms with Crippen LogP contribution in [0.25, 0.3) is 11.1 Å². The highest BCUT2D eigenvalue weighted by molar-refractivity contribution is 5.76. The molecule has 0 spiro atoms. The SMILES string of the molecule is Cc1cc(-c2cc(C(C)C)ccc2O)c(C#N)c(=O)[nH]1. The molecule has 0 saturated carbocycles. The van der Waals surface area contributed by atoms with Crippen LogP contribution in [0.3, 0.4) is 0 Å². The largest absolute Gasteiger partial charge is 0.507 e. The fraction of sp³-hybridized carbons (Fsp3) is 0.250. The van der Waals surface area contributed by atoms with E-state index in [1.54, 1.807) is 19.1 Å². The van der Waals surface area contributed by atoms with Gasteiger partial charge in [0.2, 0.25) is 0 Å². The van der Waals surface area contributed by atoms with E-state index in [1.807, 2.05) is 32.0 Å². The smallest absolute Gasteiger partial charge is 0.266 e. The Kier molecular flexibility index (Phi) is 3.62. The Bertz CT molecular complexity index is 752. The average Bonchev–Trinajstić information content (AvgIpc) is 2.38. The lowest BCUT2D eigenvalue weighted by Gasteiger charge is -2.12. The van der Waals surface area contributed by atoms with Crippen molar-refractivity contribution in [2.24, 2.45) is 0 Å². The number of benzene rings is 1. The number of aromatic amines is 1. The molecule has 2 rings (SSSR count). The lowest BCUT2D eigenvalue weighted by molar-refractivity contribution is 0.477. The van der Waals surface area contributed by atoms with Gasteiger partial charge in [-0.2, -0.15) is 5.26 Å². The average molecular weight is 268 g/mol. The van der Waals surface area contributed by atoms with Crippen molar-refractivity contribution in [1.29, 1.82) is 5.26 Å². The highest BCUT2D eigenvalue weighted by atomic mass is 16.3. The summed E-state index contributed by atoms with van der Waals surface area (Å²) in [6.07, 6.45) is 0. The summed E-state index contributed by atoms with van der Waals surface area (Å²) in [6, 6.07) is 8.89. The lowest BCUT2D eigenvalue weighted by atomic mass is 9.94. The number of hydrogen-bond donors (Lipinski definition) is 2. The van der Waals surface area contributed by atoms with Gasteiger partial charge >= 0.3 is 0 Å². The zero-order valence-corrected chi connectivity index (χ0v) is 11.7. The molecule has 0 aliphatic rings. The van der Waals surface area contributed by atoms with E-state index < -0.39 is 5.56 Å². The Hall–Kier alpha value is -2.54. The fourth-order valence-electron chi connectivity index (χ4n) is 2.14. The maximum absolute atomic E-state index is 11.8. The first-order valence-corrected chi connectivity index (χ1v) is 6.41. The molecule has 2 N–H and O–H groups in total. The van der Waals surface area contributed by atoms with Gasteiger partial charge in [0, 0.05) is 16.8 Å². The maximum atomic E-state index is 11.8. The van der Waals surface area contributed by atoms with E-state index in [0.29, 0.717) is 22.7 Å². The minimum absolute atomic E-state index is 0.0202. The van der Waals surface area contributed by atoms with Gasteiger partial charge in [0.1, 0.15) is 17.4 Å². The van der Waals surface area contributed by atoms with E-state index in [1.165, 1.54) is 0 Å². The summed E-state index contributed by atoms with van der Waals surface area (Å²) in [6.45, 7) is 5.84. The Morgan fingerprint density at radius 1 is 1.25 bits per heavy atom. The molecule has 4 heteroatoms. The van der Waals surface area contributed by atoms with Crippen LogP contribution in [0.4, 0.5) is 0 Å². The maximum Gasteiger partial charge on any atom is 0.266 e. The van der Waals surface area contributed by atoms with Crippen molar-refractivity contribution in [3.63, 3.8) is 0 Å². The summed E-state index contributed by atoms with van der Waals surface area (Å²) in [5.74, 6) is 0.360. The van der Waals surface area contributed by atoms with Gasteiger partial charge in [-0.15, -0.1) is 0 Å². The molecule has 0 fully saturated rings. The molecule has 0 unspecified atom stereocenters. The highest BCUT2D eigenvalue weighted by Crippen LogP contribution is 2.33. The molecule has 0 atom stereocenters. The van der Waals surface area contributed by atoms with Gasteiger partial charge in [-0.3, -0.25) is 4.79 Å². The number of aromatic hydroxyl groups is 1. The minimum Gasteiger partial charge on any atom is -0.507 e. The number of pyridine rings is 1. The zero-order valence-electron chi connectivity index (χ0n) is 11.7. The second-order valence-corrected chi connectivity index (χ2v) is 5.11. The predicted octanol–water partition coefficient (Wildman–Crippen LogP) is 3.05. The molecule has 0 saturated heterocycles. The number of hydrogen-bond acceptors (Lipinski definition) is 3. The number of rotatable bonds is 2. The first kappa shape index (κ1) is 13.9. The molecule has 1 aromatic carbocycles. The van der Waals surface area contributed by atoms with Crippen LogP contribution in [0, 0.1) is 18.3 Å². The Morgan fingerprint density at radius 3 is 2.55 bits per heavy atom. The molecule has 0 radical (unpaired) electrons. The molecule has 102 valence electrons. The topological polar surface area (TPSA) is 76.9 Å². The van der Waals surface area contributed by atoms with Gasteiger partial charge in [-0.05, 0) is 36.6 Å². The molecule has 0 bridgehead atoms. The molecule has 2 aromatic rings. The number of phenolic OH excluding ortho intramolecular Hbond substituents is 1. The van der Waals surface area contributed by atoms with Crippen LogP contribution in [0.5, 0.6) is 5.75 Å². The monoisotopic (exact) mass is 268 g/mol. The number of aromatic nitrogens is 1. The normalized spacial score (nSPS) is 10.6.